The number of benzene rings is 2. The number of carbonyl (C=O) groups excluding carboxylic acids is 3. The fraction of sp³-hybridized carbons (Fsp3) is 0.318. The predicted molar refractivity (Wildman–Crippen MR) is 122 cm³/mol. The Balaban J connectivity index is 1.84. The molecule has 2 aromatic rings. The van der Waals surface area contributed by atoms with Gasteiger partial charge in [-0.05, 0) is 65.8 Å². The molecule has 0 aromatic heterocycles. The lowest BCUT2D eigenvalue weighted by molar-refractivity contribution is -0.148. The van der Waals surface area contributed by atoms with Crippen molar-refractivity contribution >= 4 is 46.1 Å². The summed E-state index contributed by atoms with van der Waals surface area (Å²) in [5, 5.41) is 5.68. The van der Waals surface area contributed by atoms with Gasteiger partial charge in [0.15, 0.2) is 0 Å². The van der Waals surface area contributed by atoms with E-state index in [1.807, 2.05) is 42.5 Å². The molecular weight excluding hydrogens is 499 g/mol. The van der Waals surface area contributed by atoms with Gasteiger partial charge in [0.25, 0.3) is 0 Å². The minimum Gasteiger partial charge on any atom is -0.468 e. The smallest absolute Gasteiger partial charge is 0.323 e. The van der Waals surface area contributed by atoms with Crippen molar-refractivity contribution in [3.8, 4) is 0 Å². The molecule has 1 amide bonds. The largest absolute Gasteiger partial charge is 0.468 e. The van der Waals surface area contributed by atoms with Gasteiger partial charge < -0.3 is 14.8 Å². The van der Waals surface area contributed by atoms with Gasteiger partial charge >= 0.3 is 11.9 Å². The Kier molecular flexibility index (Phi) is 9.75. The molecule has 7 nitrogen and oxygen atoms in total. The van der Waals surface area contributed by atoms with Gasteiger partial charge in [-0.25, -0.2) is 0 Å². The number of halogens is 1. The zero-order valence-corrected chi connectivity index (χ0v) is 19.0. The van der Waals surface area contributed by atoms with Crippen molar-refractivity contribution in [2.24, 2.45) is 0 Å². The van der Waals surface area contributed by atoms with Crippen LogP contribution in [-0.2, 0) is 30.5 Å². The number of hydrogen-bond acceptors (Lipinski definition) is 6. The molecule has 30 heavy (non-hydrogen) atoms. The van der Waals surface area contributed by atoms with E-state index in [2.05, 4.69) is 33.2 Å². The lowest BCUT2D eigenvalue weighted by atomic mass is 10.1. The van der Waals surface area contributed by atoms with Crippen LogP contribution in [0.1, 0.15) is 25.3 Å². The summed E-state index contributed by atoms with van der Waals surface area (Å²) in [7, 11) is 1.26. The third kappa shape index (κ3) is 8.11. The van der Waals surface area contributed by atoms with Crippen molar-refractivity contribution in [2.45, 2.75) is 38.5 Å². The second-order valence-corrected chi connectivity index (χ2v) is 7.90. The molecular formula is C22H25IN2O5. The summed E-state index contributed by atoms with van der Waals surface area (Å²) in [6.45, 7) is 1.75. The molecule has 0 spiro atoms. The summed E-state index contributed by atoms with van der Waals surface area (Å²) in [6, 6.07) is 15.2. The summed E-state index contributed by atoms with van der Waals surface area (Å²) in [5.74, 6) is -1.26. The van der Waals surface area contributed by atoms with Gasteiger partial charge in [0.05, 0.1) is 7.11 Å². The van der Waals surface area contributed by atoms with E-state index in [0.29, 0.717) is 5.69 Å². The van der Waals surface area contributed by atoms with Crippen LogP contribution in [0.25, 0.3) is 0 Å². The highest BCUT2D eigenvalue weighted by atomic mass is 127. The summed E-state index contributed by atoms with van der Waals surface area (Å²) >= 11 is 2.18. The number of ether oxygens (including phenoxy) is 2. The monoisotopic (exact) mass is 524 g/mol. The van der Waals surface area contributed by atoms with Gasteiger partial charge in [0.1, 0.15) is 18.7 Å². The third-order valence-electron chi connectivity index (χ3n) is 4.30. The van der Waals surface area contributed by atoms with E-state index in [1.54, 1.807) is 19.1 Å². The van der Waals surface area contributed by atoms with Crippen molar-refractivity contribution in [3.05, 3.63) is 63.7 Å². The molecule has 160 valence electrons. The van der Waals surface area contributed by atoms with Crippen molar-refractivity contribution < 1.29 is 23.9 Å². The first-order valence-electron chi connectivity index (χ1n) is 9.49. The van der Waals surface area contributed by atoms with Gasteiger partial charge in [-0.3, -0.25) is 19.7 Å². The van der Waals surface area contributed by atoms with Gasteiger partial charge in [-0.15, -0.1) is 0 Å². The minimum absolute atomic E-state index is 0.0878. The van der Waals surface area contributed by atoms with Crippen molar-refractivity contribution in [1.82, 2.24) is 5.32 Å². The molecule has 2 aromatic carbocycles. The van der Waals surface area contributed by atoms with Crippen LogP contribution in [0.2, 0.25) is 0 Å². The SMILES string of the molecule is COC(=O)[C@H](CCC(=O)Nc1ccc(I)cc1)N[C@@H](C)C(=O)OCc1ccccc1. The first-order valence-corrected chi connectivity index (χ1v) is 10.6. The maximum Gasteiger partial charge on any atom is 0.323 e. The van der Waals surface area contributed by atoms with Crippen LogP contribution in [0.15, 0.2) is 54.6 Å². The summed E-state index contributed by atoms with van der Waals surface area (Å²) in [4.78, 5) is 36.5. The maximum absolute atomic E-state index is 12.3. The number of esters is 2. The first-order chi connectivity index (χ1) is 14.4. The van der Waals surface area contributed by atoms with Crippen LogP contribution >= 0.6 is 22.6 Å². The second-order valence-electron chi connectivity index (χ2n) is 6.65. The standard InChI is InChI=1S/C22H25IN2O5/c1-15(21(27)30-14-16-6-4-3-5-7-16)24-19(22(28)29-2)12-13-20(26)25-18-10-8-17(23)9-11-18/h3-11,15,19,24H,12-14H2,1-2H3,(H,25,26)/t15-,19-/m0/s1. The fourth-order valence-corrected chi connectivity index (χ4v) is 3.03. The first kappa shape index (κ1) is 23.8. The van der Waals surface area contributed by atoms with Crippen LogP contribution in [0.3, 0.4) is 0 Å². The third-order valence-corrected chi connectivity index (χ3v) is 5.02. The Hall–Kier alpha value is -2.46. The average Bonchev–Trinajstić information content (AvgIpc) is 2.76. The zero-order valence-electron chi connectivity index (χ0n) is 16.9. The summed E-state index contributed by atoms with van der Waals surface area (Å²) in [6.07, 6.45) is 0.268. The normalized spacial score (nSPS) is 12.5. The van der Waals surface area contributed by atoms with Crippen LogP contribution in [0, 0.1) is 3.57 Å². The van der Waals surface area contributed by atoms with Gasteiger partial charge in [-0.1, -0.05) is 30.3 Å². The summed E-state index contributed by atoms with van der Waals surface area (Å²) in [5.41, 5.74) is 1.55. The van der Waals surface area contributed by atoms with E-state index < -0.39 is 24.0 Å². The predicted octanol–water partition coefficient (Wildman–Crippen LogP) is 3.27. The molecule has 0 unspecified atom stereocenters. The molecule has 0 aliphatic rings. The molecule has 2 N–H and O–H groups in total. The number of anilines is 1. The highest BCUT2D eigenvalue weighted by molar-refractivity contribution is 14.1. The van der Waals surface area contributed by atoms with Crippen molar-refractivity contribution in [3.63, 3.8) is 0 Å². The van der Waals surface area contributed by atoms with Crippen LogP contribution in [0.5, 0.6) is 0 Å². The molecule has 2 rings (SSSR count). The maximum atomic E-state index is 12.3. The van der Waals surface area contributed by atoms with Crippen molar-refractivity contribution in [2.75, 3.05) is 12.4 Å². The number of methoxy groups -OCH3 is 1. The lowest BCUT2D eigenvalue weighted by Crippen LogP contribution is -2.47. The minimum atomic E-state index is -0.809. The van der Waals surface area contributed by atoms with E-state index in [9.17, 15) is 14.4 Å². The fourth-order valence-electron chi connectivity index (χ4n) is 2.67. The Morgan fingerprint density at radius 2 is 1.67 bits per heavy atom. The average molecular weight is 524 g/mol. The molecule has 0 radical (unpaired) electrons. The van der Waals surface area contributed by atoms with E-state index in [-0.39, 0.29) is 25.4 Å². The molecule has 0 fully saturated rings. The van der Waals surface area contributed by atoms with Gasteiger partial charge in [0, 0.05) is 15.7 Å². The number of amides is 1. The second kappa shape index (κ2) is 12.3. The molecule has 0 aliphatic heterocycles. The summed E-state index contributed by atoms with van der Waals surface area (Å²) < 4.78 is 11.1. The topological polar surface area (TPSA) is 93.7 Å². The molecule has 8 heteroatoms. The Morgan fingerprint density at radius 1 is 1.00 bits per heavy atom. The highest BCUT2D eigenvalue weighted by Crippen LogP contribution is 2.12. The Labute approximate surface area is 189 Å². The lowest BCUT2D eigenvalue weighted by Gasteiger charge is -2.20. The molecule has 0 saturated carbocycles. The Bertz CT molecular complexity index is 842. The van der Waals surface area contributed by atoms with E-state index in [4.69, 9.17) is 9.47 Å². The van der Waals surface area contributed by atoms with Crippen molar-refractivity contribution in [1.29, 1.82) is 0 Å². The van der Waals surface area contributed by atoms with E-state index in [1.165, 1.54) is 7.11 Å². The molecule has 0 bridgehead atoms. The van der Waals surface area contributed by atoms with Crippen LogP contribution in [0.4, 0.5) is 5.69 Å². The van der Waals surface area contributed by atoms with Gasteiger partial charge in [0.2, 0.25) is 5.91 Å². The van der Waals surface area contributed by atoms with Gasteiger partial charge in [-0.2, -0.15) is 0 Å². The molecule has 0 heterocycles. The van der Waals surface area contributed by atoms with Crippen LogP contribution in [-0.4, -0.2) is 37.0 Å². The Morgan fingerprint density at radius 3 is 2.30 bits per heavy atom. The van der Waals surface area contributed by atoms with E-state index in [0.717, 1.165) is 9.13 Å². The van der Waals surface area contributed by atoms with Crippen LogP contribution < -0.4 is 10.6 Å². The number of nitrogens with one attached hydrogen (secondary N) is 2. The zero-order chi connectivity index (χ0) is 21.9. The number of rotatable bonds is 10. The van der Waals surface area contributed by atoms with E-state index >= 15 is 0 Å². The molecule has 2 atom stereocenters. The number of carbonyl (C=O) groups is 3. The quantitative estimate of drug-likeness (QED) is 0.366. The highest BCUT2D eigenvalue weighted by Gasteiger charge is 2.25. The molecule has 0 aliphatic carbocycles. The molecule has 0 saturated heterocycles. The number of hydrogen-bond donors (Lipinski definition) is 2.